The minimum Gasteiger partial charge on any atom is -0.393 e. The number of amides is 2. The van der Waals surface area contributed by atoms with Crippen LogP contribution in [0.4, 0.5) is 4.79 Å². The minimum absolute atomic E-state index is 0.109. The van der Waals surface area contributed by atoms with Crippen LogP contribution >= 0.6 is 0 Å². The first kappa shape index (κ1) is 15.8. The molecule has 0 heterocycles. The largest absolute Gasteiger partial charge is 0.393 e. The molecule has 4 nitrogen and oxygen atoms in total. The molecule has 3 N–H and O–H groups in total. The van der Waals surface area contributed by atoms with Crippen LogP contribution < -0.4 is 10.6 Å². The van der Waals surface area contributed by atoms with Crippen molar-refractivity contribution in [1.29, 1.82) is 0 Å². The van der Waals surface area contributed by atoms with Gasteiger partial charge in [-0.15, -0.1) is 0 Å². The van der Waals surface area contributed by atoms with Crippen LogP contribution in [0.25, 0.3) is 0 Å². The van der Waals surface area contributed by atoms with Crippen molar-refractivity contribution in [1.82, 2.24) is 10.6 Å². The van der Waals surface area contributed by atoms with Gasteiger partial charge in [0, 0.05) is 13.1 Å². The molecule has 0 spiro atoms. The smallest absolute Gasteiger partial charge is 0.314 e. The molecule has 0 bridgehead atoms. The summed E-state index contributed by atoms with van der Waals surface area (Å²) < 4.78 is 0. The van der Waals surface area contributed by atoms with Crippen LogP contribution in [0.15, 0.2) is 24.3 Å². The molecule has 1 aliphatic rings. The van der Waals surface area contributed by atoms with Gasteiger partial charge in [0.15, 0.2) is 0 Å². The van der Waals surface area contributed by atoms with Gasteiger partial charge in [0.1, 0.15) is 0 Å². The number of aliphatic hydroxyl groups excluding tert-OH is 1. The molecule has 2 amide bonds. The average Bonchev–Trinajstić information content (AvgIpc) is 2.47. The van der Waals surface area contributed by atoms with E-state index in [1.54, 1.807) is 0 Å². The number of aliphatic hydroxyl groups is 1. The van der Waals surface area contributed by atoms with E-state index in [1.165, 1.54) is 11.1 Å². The summed E-state index contributed by atoms with van der Waals surface area (Å²) in [6.07, 6.45) is 4.53. The van der Waals surface area contributed by atoms with Crippen molar-refractivity contribution in [3.8, 4) is 0 Å². The summed E-state index contributed by atoms with van der Waals surface area (Å²) in [5.74, 6) is 0.414. The van der Waals surface area contributed by atoms with Gasteiger partial charge in [0.2, 0.25) is 0 Å². The lowest BCUT2D eigenvalue weighted by Crippen LogP contribution is -2.40. The molecule has 1 fully saturated rings. The number of carbonyl (C=O) groups excluding carboxylic acids is 1. The molecule has 0 aromatic heterocycles. The van der Waals surface area contributed by atoms with E-state index in [0.717, 1.165) is 32.1 Å². The standard InChI is InChI=1S/C17H26N2O2/c1-13-5-7-14(8-6-13)9-10-18-17(21)19-12-15-3-2-4-16(20)11-15/h5-8,15-16,20H,2-4,9-12H2,1H3,(H2,18,19,21). The van der Waals surface area contributed by atoms with Crippen molar-refractivity contribution in [3.63, 3.8) is 0 Å². The highest BCUT2D eigenvalue weighted by atomic mass is 16.3. The molecule has 2 rings (SSSR count). The molecule has 0 radical (unpaired) electrons. The molecule has 21 heavy (non-hydrogen) atoms. The van der Waals surface area contributed by atoms with Crippen molar-refractivity contribution >= 4 is 6.03 Å². The third-order valence-corrected chi connectivity index (χ3v) is 4.13. The number of carbonyl (C=O) groups is 1. The van der Waals surface area contributed by atoms with Crippen molar-refractivity contribution in [3.05, 3.63) is 35.4 Å². The maximum atomic E-state index is 11.7. The van der Waals surface area contributed by atoms with E-state index in [1.807, 2.05) is 0 Å². The summed E-state index contributed by atoms with van der Waals surface area (Å²) in [6.45, 7) is 3.37. The lowest BCUT2D eigenvalue weighted by atomic mass is 9.87. The predicted octanol–water partition coefficient (Wildman–Crippen LogP) is 2.39. The summed E-state index contributed by atoms with van der Waals surface area (Å²) in [7, 11) is 0. The van der Waals surface area contributed by atoms with E-state index in [0.29, 0.717) is 19.0 Å². The molecule has 0 saturated heterocycles. The zero-order valence-electron chi connectivity index (χ0n) is 12.8. The Balaban J connectivity index is 1.60. The van der Waals surface area contributed by atoms with Gasteiger partial charge in [0.05, 0.1) is 6.10 Å². The van der Waals surface area contributed by atoms with Crippen LogP contribution in [0.2, 0.25) is 0 Å². The lowest BCUT2D eigenvalue weighted by Gasteiger charge is -2.25. The zero-order chi connectivity index (χ0) is 15.1. The van der Waals surface area contributed by atoms with Crippen molar-refractivity contribution in [2.24, 2.45) is 5.92 Å². The number of hydrogen-bond acceptors (Lipinski definition) is 2. The first-order valence-corrected chi connectivity index (χ1v) is 7.89. The van der Waals surface area contributed by atoms with Gasteiger partial charge in [-0.05, 0) is 44.1 Å². The second-order valence-corrected chi connectivity index (χ2v) is 6.06. The second kappa shape index (κ2) is 8.03. The molecule has 2 unspecified atom stereocenters. The Morgan fingerprint density at radius 3 is 2.71 bits per heavy atom. The number of hydrogen-bond donors (Lipinski definition) is 3. The van der Waals surface area contributed by atoms with E-state index >= 15 is 0 Å². The monoisotopic (exact) mass is 290 g/mol. The number of aryl methyl sites for hydroxylation is 1. The lowest BCUT2D eigenvalue weighted by molar-refractivity contribution is 0.101. The molecule has 1 aromatic rings. The summed E-state index contributed by atoms with van der Waals surface area (Å²) >= 11 is 0. The Morgan fingerprint density at radius 2 is 2.00 bits per heavy atom. The van der Waals surface area contributed by atoms with Crippen molar-refractivity contribution < 1.29 is 9.90 Å². The number of rotatable bonds is 5. The first-order chi connectivity index (χ1) is 10.1. The number of urea groups is 1. The fourth-order valence-corrected chi connectivity index (χ4v) is 2.82. The number of benzene rings is 1. The molecule has 0 aliphatic heterocycles. The van der Waals surface area contributed by atoms with Gasteiger partial charge in [-0.2, -0.15) is 0 Å². The van der Waals surface area contributed by atoms with Crippen LogP contribution in [0.3, 0.4) is 0 Å². The van der Waals surface area contributed by atoms with E-state index in [4.69, 9.17) is 0 Å². The zero-order valence-corrected chi connectivity index (χ0v) is 12.8. The van der Waals surface area contributed by atoms with Gasteiger partial charge < -0.3 is 15.7 Å². The van der Waals surface area contributed by atoms with Crippen LogP contribution in [-0.2, 0) is 6.42 Å². The fourth-order valence-electron chi connectivity index (χ4n) is 2.82. The van der Waals surface area contributed by atoms with Crippen LogP contribution in [0.1, 0.15) is 36.8 Å². The van der Waals surface area contributed by atoms with Gasteiger partial charge in [-0.25, -0.2) is 4.79 Å². The summed E-state index contributed by atoms with van der Waals surface area (Å²) in [4.78, 5) is 11.7. The molecule has 116 valence electrons. The Bertz CT molecular complexity index is 445. The van der Waals surface area contributed by atoms with Crippen molar-refractivity contribution in [2.45, 2.75) is 45.1 Å². The Hall–Kier alpha value is -1.55. The SMILES string of the molecule is Cc1ccc(CCNC(=O)NCC2CCCC(O)C2)cc1. The highest BCUT2D eigenvalue weighted by Gasteiger charge is 2.20. The third-order valence-electron chi connectivity index (χ3n) is 4.13. The molecule has 1 aliphatic carbocycles. The Morgan fingerprint density at radius 1 is 1.24 bits per heavy atom. The van der Waals surface area contributed by atoms with E-state index < -0.39 is 0 Å². The number of nitrogens with one attached hydrogen (secondary N) is 2. The predicted molar refractivity (Wildman–Crippen MR) is 84.2 cm³/mol. The maximum Gasteiger partial charge on any atom is 0.314 e. The normalized spacial score (nSPS) is 21.8. The van der Waals surface area contributed by atoms with Crippen LogP contribution in [0, 0.1) is 12.8 Å². The third kappa shape index (κ3) is 5.76. The van der Waals surface area contributed by atoms with Gasteiger partial charge in [-0.1, -0.05) is 36.2 Å². The topological polar surface area (TPSA) is 61.4 Å². The molecule has 4 heteroatoms. The van der Waals surface area contributed by atoms with Gasteiger partial charge in [-0.3, -0.25) is 0 Å². The fraction of sp³-hybridized carbons (Fsp3) is 0.588. The minimum atomic E-state index is -0.185. The Labute approximate surface area is 126 Å². The Kier molecular flexibility index (Phi) is 6.05. The molecule has 1 saturated carbocycles. The summed E-state index contributed by atoms with van der Waals surface area (Å²) in [6, 6.07) is 8.26. The quantitative estimate of drug-likeness (QED) is 0.780. The second-order valence-electron chi connectivity index (χ2n) is 6.06. The van der Waals surface area contributed by atoms with E-state index in [-0.39, 0.29) is 12.1 Å². The molecular formula is C17H26N2O2. The summed E-state index contributed by atoms with van der Waals surface area (Å²) in [5, 5.41) is 15.4. The van der Waals surface area contributed by atoms with Gasteiger partial charge in [0.25, 0.3) is 0 Å². The summed E-state index contributed by atoms with van der Waals surface area (Å²) in [5.41, 5.74) is 2.48. The van der Waals surface area contributed by atoms with Crippen molar-refractivity contribution in [2.75, 3.05) is 13.1 Å². The molecule has 2 atom stereocenters. The average molecular weight is 290 g/mol. The molecular weight excluding hydrogens is 264 g/mol. The van der Waals surface area contributed by atoms with Gasteiger partial charge >= 0.3 is 6.03 Å². The van der Waals surface area contributed by atoms with Crippen LogP contribution in [0.5, 0.6) is 0 Å². The highest BCUT2D eigenvalue weighted by molar-refractivity contribution is 5.73. The van der Waals surface area contributed by atoms with E-state index in [9.17, 15) is 9.90 Å². The van der Waals surface area contributed by atoms with Crippen LogP contribution in [-0.4, -0.2) is 30.3 Å². The molecule has 1 aromatic carbocycles. The van der Waals surface area contributed by atoms with E-state index in [2.05, 4.69) is 41.8 Å². The highest BCUT2D eigenvalue weighted by Crippen LogP contribution is 2.23. The maximum absolute atomic E-state index is 11.7. The first-order valence-electron chi connectivity index (χ1n) is 7.89.